The highest BCUT2D eigenvalue weighted by Crippen LogP contribution is 2.30. The monoisotopic (exact) mass is 291 g/mol. The molecule has 1 heterocycles. The Hall–Kier alpha value is -2.81. The van der Waals surface area contributed by atoms with Crippen LogP contribution in [0.1, 0.15) is 17.4 Å². The maximum Gasteiger partial charge on any atom is 0.355 e. The third-order valence-corrected chi connectivity index (χ3v) is 3.47. The van der Waals surface area contributed by atoms with Crippen LogP contribution in [0.5, 0.6) is 0 Å². The molecular formula is C19H17NO2. The Balaban J connectivity index is 2.11. The van der Waals surface area contributed by atoms with Crippen molar-refractivity contribution < 1.29 is 9.53 Å². The minimum absolute atomic E-state index is 0.330. The van der Waals surface area contributed by atoms with Crippen LogP contribution in [0.4, 0.5) is 0 Å². The SMILES string of the molecule is CCOC(=O)c1[nH]c(-c2ccccc2)cc1-c1ccccc1. The van der Waals surface area contributed by atoms with Gasteiger partial charge in [-0.3, -0.25) is 0 Å². The topological polar surface area (TPSA) is 42.1 Å². The second kappa shape index (κ2) is 6.31. The number of H-pyrrole nitrogens is 1. The quantitative estimate of drug-likeness (QED) is 0.718. The molecule has 0 aliphatic rings. The molecule has 3 aromatic rings. The Morgan fingerprint density at radius 1 is 0.955 bits per heavy atom. The zero-order valence-electron chi connectivity index (χ0n) is 12.4. The molecule has 0 saturated heterocycles. The number of rotatable bonds is 4. The fourth-order valence-electron chi connectivity index (χ4n) is 2.44. The number of aromatic amines is 1. The molecular weight excluding hydrogens is 274 g/mol. The first-order valence-corrected chi connectivity index (χ1v) is 7.30. The summed E-state index contributed by atoms with van der Waals surface area (Å²) in [4.78, 5) is 15.4. The molecule has 3 rings (SSSR count). The first-order chi connectivity index (χ1) is 10.8. The molecule has 0 aliphatic carbocycles. The van der Waals surface area contributed by atoms with E-state index < -0.39 is 0 Å². The summed E-state index contributed by atoms with van der Waals surface area (Å²) in [5, 5.41) is 0. The van der Waals surface area contributed by atoms with E-state index in [0.29, 0.717) is 12.3 Å². The van der Waals surface area contributed by atoms with Crippen LogP contribution in [-0.4, -0.2) is 17.6 Å². The van der Waals surface area contributed by atoms with Gasteiger partial charge >= 0.3 is 5.97 Å². The largest absolute Gasteiger partial charge is 0.461 e. The van der Waals surface area contributed by atoms with Crippen LogP contribution in [0.15, 0.2) is 66.7 Å². The van der Waals surface area contributed by atoms with Gasteiger partial charge in [-0.05, 0) is 24.1 Å². The highest BCUT2D eigenvalue weighted by molar-refractivity contribution is 5.97. The molecule has 0 saturated carbocycles. The van der Waals surface area contributed by atoms with Crippen molar-refractivity contribution in [3.63, 3.8) is 0 Å². The fourth-order valence-corrected chi connectivity index (χ4v) is 2.44. The molecule has 0 aliphatic heterocycles. The van der Waals surface area contributed by atoms with Crippen molar-refractivity contribution in [1.29, 1.82) is 0 Å². The number of carbonyl (C=O) groups is 1. The molecule has 0 radical (unpaired) electrons. The van der Waals surface area contributed by atoms with Gasteiger partial charge in [0.1, 0.15) is 5.69 Å². The van der Waals surface area contributed by atoms with Crippen molar-refractivity contribution in [3.05, 3.63) is 72.4 Å². The average molecular weight is 291 g/mol. The van der Waals surface area contributed by atoms with Crippen LogP contribution in [0.2, 0.25) is 0 Å². The van der Waals surface area contributed by atoms with Gasteiger partial charge in [-0.25, -0.2) is 4.79 Å². The molecule has 3 heteroatoms. The molecule has 22 heavy (non-hydrogen) atoms. The molecule has 0 amide bonds. The van der Waals surface area contributed by atoms with Crippen LogP contribution >= 0.6 is 0 Å². The van der Waals surface area contributed by atoms with Crippen LogP contribution in [0.3, 0.4) is 0 Å². The maximum absolute atomic E-state index is 12.2. The molecule has 0 fully saturated rings. The molecule has 3 nitrogen and oxygen atoms in total. The predicted octanol–water partition coefficient (Wildman–Crippen LogP) is 4.53. The molecule has 0 unspecified atom stereocenters. The number of ether oxygens (including phenoxy) is 1. The van der Waals surface area contributed by atoms with Gasteiger partial charge in [-0.1, -0.05) is 60.7 Å². The first kappa shape index (κ1) is 14.1. The lowest BCUT2D eigenvalue weighted by Gasteiger charge is -2.03. The molecule has 0 spiro atoms. The number of hydrogen-bond acceptors (Lipinski definition) is 2. The summed E-state index contributed by atoms with van der Waals surface area (Å²) in [7, 11) is 0. The second-order valence-corrected chi connectivity index (χ2v) is 4.92. The van der Waals surface area contributed by atoms with Gasteiger partial charge in [0.2, 0.25) is 0 Å². The van der Waals surface area contributed by atoms with E-state index in [1.807, 2.05) is 66.7 Å². The van der Waals surface area contributed by atoms with Crippen molar-refractivity contribution in [2.45, 2.75) is 6.92 Å². The zero-order valence-corrected chi connectivity index (χ0v) is 12.4. The summed E-state index contributed by atoms with van der Waals surface area (Å²) >= 11 is 0. The number of carbonyl (C=O) groups excluding carboxylic acids is 1. The average Bonchev–Trinajstić information content (AvgIpc) is 3.02. The predicted molar refractivity (Wildman–Crippen MR) is 87.6 cm³/mol. The van der Waals surface area contributed by atoms with E-state index in [1.165, 1.54) is 0 Å². The van der Waals surface area contributed by atoms with Gasteiger partial charge in [0.05, 0.1) is 6.61 Å². The third-order valence-electron chi connectivity index (χ3n) is 3.47. The molecule has 1 aromatic heterocycles. The summed E-state index contributed by atoms with van der Waals surface area (Å²) in [6.45, 7) is 2.16. The van der Waals surface area contributed by atoms with Crippen LogP contribution in [0.25, 0.3) is 22.4 Å². The highest BCUT2D eigenvalue weighted by atomic mass is 16.5. The summed E-state index contributed by atoms with van der Waals surface area (Å²) in [5.74, 6) is -0.330. The lowest BCUT2D eigenvalue weighted by molar-refractivity contribution is 0.0521. The van der Waals surface area contributed by atoms with E-state index in [0.717, 1.165) is 22.4 Å². The van der Waals surface area contributed by atoms with Crippen molar-refractivity contribution >= 4 is 5.97 Å². The van der Waals surface area contributed by atoms with E-state index >= 15 is 0 Å². The third kappa shape index (κ3) is 2.79. The lowest BCUT2D eigenvalue weighted by Crippen LogP contribution is -2.06. The minimum atomic E-state index is -0.330. The first-order valence-electron chi connectivity index (χ1n) is 7.30. The Bertz CT molecular complexity index is 761. The van der Waals surface area contributed by atoms with Crippen molar-refractivity contribution in [3.8, 4) is 22.4 Å². The molecule has 0 bridgehead atoms. The van der Waals surface area contributed by atoms with Crippen molar-refractivity contribution in [2.75, 3.05) is 6.61 Å². The van der Waals surface area contributed by atoms with Gasteiger partial charge in [-0.2, -0.15) is 0 Å². The number of hydrogen-bond donors (Lipinski definition) is 1. The number of aromatic nitrogens is 1. The zero-order chi connectivity index (χ0) is 15.4. The number of esters is 1. The molecule has 110 valence electrons. The molecule has 0 atom stereocenters. The van der Waals surface area contributed by atoms with Crippen LogP contribution in [-0.2, 0) is 4.74 Å². The van der Waals surface area contributed by atoms with E-state index in [-0.39, 0.29) is 5.97 Å². The highest BCUT2D eigenvalue weighted by Gasteiger charge is 2.18. The van der Waals surface area contributed by atoms with Gasteiger partial charge < -0.3 is 9.72 Å². The minimum Gasteiger partial charge on any atom is -0.461 e. The smallest absolute Gasteiger partial charge is 0.355 e. The normalized spacial score (nSPS) is 10.4. The van der Waals surface area contributed by atoms with Crippen molar-refractivity contribution in [2.24, 2.45) is 0 Å². The summed E-state index contributed by atoms with van der Waals surface area (Å²) in [6.07, 6.45) is 0. The van der Waals surface area contributed by atoms with E-state index in [1.54, 1.807) is 6.92 Å². The van der Waals surface area contributed by atoms with Gasteiger partial charge in [0.25, 0.3) is 0 Å². The van der Waals surface area contributed by atoms with Crippen LogP contribution < -0.4 is 0 Å². The van der Waals surface area contributed by atoms with Gasteiger partial charge in [0, 0.05) is 11.3 Å². The summed E-state index contributed by atoms with van der Waals surface area (Å²) in [6, 6.07) is 21.8. The summed E-state index contributed by atoms with van der Waals surface area (Å²) in [5.41, 5.74) is 4.28. The van der Waals surface area contributed by atoms with Crippen LogP contribution in [0, 0.1) is 0 Å². The van der Waals surface area contributed by atoms with Gasteiger partial charge in [-0.15, -0.1) is 0 Å². The Morgan fingerprint density at radius 2 is 1.55 bits per heavy atom. The Kier molecular flexibility index (Phi) is 4.05. The standard InChI is InChI=1S/C19H17NO2/c1-2-22-19(21)18-16(14-9-5-3-6-10-14)13-17(20-18)15-11-7-4-8-12-15/h3-13,20H,2H2,1H3. The Morgan fingerprint density at radius 3 is 2.14 bits per heavy atom. The number of nitrogens with one attached hydrogen (secondary N) is 1. The molecule has 2 aromatic carbocycles. The van der Waals surface area contributed by atoms with Crippen molar-refractivity contribution in [1.82, 2.24) is 4.98 Å². The fraction of sp³-hybridized carbons (Fsp3) is 0.105. The van der Waals surface area contributed by atoms with E-state index in [4.69, 9.17) is 4.74 Å². The summed E-state index contributed by atoms with van der Waals surface area (Å²) < 4.78 is 5.17. The van der Waals surface area contributed by atoms with E-state index in [9.17, 15) is 4.79 Å². The van der Waals surface area contributed by atoms with E-state index in [2.05, 4.69) is 4.98 Å². The lowest BCUT2D eigenvalue weighted by atomic mass is 10.0. The van der Waals surface area contributed by atoms with Gasteiger partial charge in [0.15, 0.2) is 0 Å². The maximum atomic E-state index is 12.2. The number of benzene rings is 2. The molecule has 1 N–H and O–H groups in total. The second-order valence-electron chi connectivity index (χ2n) is 4.92. The Labute approximate surface area is 129 Å².